The van der Waals surface area contributed by atoms with Gasteiger partial charge in [-0.15, -0.1) is 12.6 Å². The van der Waals surface area contributed by atoms with E-state index in [9.17, 15) is 0 Å². The topological polar surface area (TPSA) is 12.0 Å². The molecule has 0 aromatic heterocycles. The Hall–Kier alpha value is -0.890. The number of thiol groups is 1. The molecule has 0 heterocycles. The van der Waals surface area contributed by atoms with Gasteiger partial charge in [0.1, 0.15) is 0 Å². The summed E-state index contributed by atoms with van der Waals surface area (Å²) in [6.07, 6.45) is 0. The van der Waals surface area contributed by atoms with E-state index in [1.54, 1.807) is 5.41 Å². The summed E-state index contributed by atoms with van der Waals surface area (Å²) in [5.41, 5.74) is 3.48. The zero-order valence-electron chi connectivity index (χ0n) is 7.33. The van der Waals surface area contributed by atoms with E-state index in [1.165, 1.54) is 5.56 Å². The van der Waals surface area contributed by atoms with Crippen LogP contribution in [-0.2, 0) is 0 Å². The van der Waals surface area contributed by atoms with E-state index in [4.69, 9.17) is 0 Å². The van der Waals surface area contributed by atoms with Crippen LogP contribution in [0.1, 0.15) is 11.1 Å². The van der Waals surface area contributed by atoms with E-state index in [2.05, 4.69) is 49.1 Å². The van der Waals surface area contributed by atoms with E-state index in [0.717, 1.165) is 11.3 Å². The summed E-state index contributed by atoms with van der Waals surface area (Å²) in [6.45, 7) is 2.08. The summed E-state index contributed by atoms with van der Waals surface area (Å²) in [5, 5.41) is 4.84. The van der Waals surface area contributed by atoms with Gasteiger partial charge in [-0.25, -0.2) is 0 Å². The Kier molecular flexibility index (Phi) is 3.23. The van der Waals surface area contributed by atoms with Crippen LogP contribution in [0.2, 0.25) is 0 Å². The molecular formula is C10H13NS. The molecule has 0 saturated heterocycles. The Morgan fingerprint density at radius 1 is 1.33 bits per heavy atom. The second kappa shape index (κ2) is 4.21. The van der Waals surface area contributed by atoms with Gasteiger partial charge < -0.3 is 5.32 Å². The second-order valence-electron chi connectivity index (χ2n) is 2.66. The number of hydrogen-bond donors (Lipinski definition) is 2. The third-order valence-corrected chi connectivity index (χ3v) is 2.02. The van der Waals surface area contributed by atoms with Gasteiger partial charge in [0.15, 0.2) is 0 Å². The predicted octanol–water partition coefficient (Wildman–Crippen LogP) is 2.44. The molecule has 2 heteroatoms. The zero-order chi connectivity index (χ0) is 8.97. The molecule has 0 atom stereocenters. The molecule has 0 spiro atoms. The van der Waals surface area contributed by atoms with Gasteiger partial charge in [0, 0.05) is 12.7 Å². The van der Waals surface area contributed by atoms with E-state index < -0.39 is 0 Å². The van der Waals surface area contributed by atoms with Crippen LogP contribution in [0.3, 0.4) is 0 Å². The highest BCUT2D eigenvalue weighted by Crippen LogP contribution is 2.12. The molecule has 0 unspecified atom stereocenters. The molecule has 1 nitrogen and oxygen atoms in total. The second-order valence-corrected chi connectivity index (χ2v) is 2.92. The quantitative estimate of drug-likeness (QED) is 0.664. The Morgan fingerprint density at radius 3 is 2.33 bits per heavy atom. The molecule has 0 fully saturated rings. The lowest BCUT2D eigenvalue weighted by atomic mass is 10.1. The minimum atomic E-state index is 1.04. The summed E-state index contributed by atoms with van der Waals surface area (Å²) in [5.74, 6) is 0. The lowest BCUT2D eigenvalue weighted by molar-refractivity contribution is 1.13. The average Bonchev–Trinajstić information content (AvgIpc) is 2.10. The van der Waals surface area contributed by atoms with Crippen LogP contribution in [-0.4, -0.2) is 7.05 Å². The molecule has 0 saturated carbocycles. The normalized spacial score (nSPS) is 11.4. The number of nitrogens with one attached hydrogen (secondary N) is 1. The van der Waals surface area contributed by atoms with Gasteiger partial charge in [0.2, 0.25) is 0 Å². The first kappa shape index (κ1) is 9.20. The molecule has 1 rings (SSSR count). The van der Waals surface area contributed by atoms with Crippen molar-refractivity contribution in [3.8, 4) is 0 Å². The number of benzene rings is 1. The molecule has 1 aromatic carbocycles. The Labute approximate surface area is 78.9 Å². The monoisotopic (exact) mass is 179 g/mol. The van der Waals surface area contributed by atoms with Gasteiger partial charge in [0.05, 0.1) is 0 Å². The molecule has 0 amide bonds. The van der Waals surface area contributed by atoms with Crippen molar-refractivity contribution in [2.75, 3.05) is 7.05 Å². The lowest BCUT2D eigenvalue weighted by Crippen LogP contribution is -2.03. The number of hydrogen-bond acceptors (Lipinski definition) is 2. The lowest BCUT2D eigenvalue weighted by Gasteiger charge is -2.05. The summed E-state index contributed by atoms with van der Waals surface area (Å²) in [7, 11) is 1.89. The Morgan fingerprint density at radius 2 is 1.92 bits per heavy atom. The third-order valence-electron chi connectivity index (χ3n) is 1.76. The smallest absolute Gasteiger partial charge is 0.0472 e. The number of aryl methyl sites for hydroxylation is 1. The van der Waals surface area contributed by atoms with Gasteiger partial charge in [-0.1, -0.05) is 29.8 Å². The van der Waals surface area contributed by atoms with Gasteiger partial charge in [-0.2, -0.15) is 0 Å². The van der Waals surface area contributed by atoms with Crippen molar-refractivity contribution in [1.29, 1.82) is 0 Å². The van der Waals surface area contributed by atoms with Crippen LogP contribution in [0.5, 0.6) is 0 Å². The molecule has 1 aromatic rings. The average molecular weight is 179 g/mol. The van der Waals surface area contributed by atoms with Crippen molar-refractivity contribution in [2.24, 2.45) is 0 Å². The SMILES string of the molecule is CN/C(=C\S)c1ccc(C)cc1. The standard InChI is InChI=1S/C10H13NS/c1-8-3-5-9(6-4-8)10(7-12)11-2/h3-7,11-12H,1-2H3/b10-7-. The Bertz CT molecular complexity index is 274. The highest BCUT2D eigenvalue weighted by atomic mass is 32.1. The van der Waals surface area contributed by atoms with Crippen molar-refractivity contribution in [3.63, 3.8) is 0 Å². The van der Waals surface area contributed by atoms with Gasteiger partial charge >= 0.3 is 0 Å². The van der Waals surface area contributed by atoms with Crippen LogP contribution in [0.4, 0.5) is 0 Å². The summed E-state index contributed by atoms with van der Waals surface area (Å²) < 4.78 is 0. The highest BCUT2D eigenvalue weighted by molar-refractivity contribution is 7.83. The van der Waals surface area contributed by atoms with Gasteiger partial charge in [-0.3, -0.25) is 0 Å². The van der Waals surface area contributed by atoms with E-state index in [1.807, 2.05) is 7.05 Å². The maximum Gasteiger partial charge on any atom is 0.0472 e. The minimum absolute atomic E-state index is 1.04. The van der Waals surface area contributed by atoms with Crippen molar-refractivity contribution in [1.82, 2.24) is 5.32 Å². The molecule has 1 N–H and O–H groups in total. The first-order valence-electron chi connectivity index (χ1n) is 3.87. The molecule has 0 aliphatic heterocycles. The molecule has 0 aliphatic rings. The van der Waals surface area contributed by atoms with Gasteiger partial charge in [0.25, 0.3) is 0 Å². The molecule has 0 radical (unpaired) electrons. The fourth-order valence-corrected chi connectivity index (χ4v) is 1.29. The predicted molar refractivity (Wildman–Crippen MR) is 57.2 cm³/mol. The molecule has 0 bridgehead atoms. The summed E-state index contributed by atoms with van der Waals surface area (Å²) in [4.78, 5) is 0. The van der Waals surface area contributed by atoms with Crippen LogP contribution in [0.15, 0.2) is 29.7 Å². The van der Waals surface area contributed by atoms with Crippen LogP contribution >= 0.6 is 12.6 Å². The zero-order valence-corrected chi connectivity index (χ0v) is 8.23. The van der Waals surface area contributed by atoms with Crippen molar-refractivity contribution < 1.29 is 0 Å². The van der Waals surface area contributed by atoms with E-state index in [0.29, 0.717) is 0 Å². The maximum absolute atomic E-state index is 4.11. The van der Waals surface area contributed by atoms with Crippen LogP contribution < -0.4 is 5.32 Å². The third kappa shape index (κ3) is 2.05. The number of rotatable bonds is 2. The van der Waals surface area contributed by atoms with Gasteiger partial charge in [-0.05, 0) is 17.9 Å². The first-order valence-corrected chi connectivity index (χ1v) is 4.38. The van der Waals surface area contributed by atoms with Crippen LogP contribution in [0, 0.1) is 6.92 Å². The maximum atomic E-state index is 4.11. The molecule has 0 aliphatic carbocycles. The molecule has 12 heavy (non-hydrogen) atoms. The highest BCUT2D eigenvalue weighted by Gasteiger charge is 1.95. The van der Waals surface area contributed by atoms with Crippen LogP contribution in [0.25, 0.3) is 5.70 Å². The summed E-state index contributed by atoms with van der Waals surface area (Å²) in [6, 6.07) is 8.33. The Balaban J connectivity index is 2.96. The molecular weight excluding hydrogens is 166 g/mol. The van der Waals surface area contributed by atoms with E-state index >= 15 is 0 Å². The summed E-state index contributed by atoms with van der Waals surface area (Å²) >= 11 is 4.11. The van der Waals surface area contributed by atoms with Crippen molar-refractivity contribution in [3.05, 3.63) is 40.8 Å². The van der Waals surface area contributed by atoms with Crippen molar-refractivity contribution >= 4 is 18.3 Å². The largest absolute Gasteiger partial charge is 0.387 e. The fraction of sp³-hybridized carbons (Fsp3) is 0.200. The first-order chi connectivity index (χ1) is 5.77. The fourth-order valence-electron chi connectivity index (χ4n) is 1.02. The molecule has 64 valence electrons. The minimum Gasteiger partial charge on any atom is -0.387 e. The van der Waals surface area contributed by atoms with Crippen molar-refractivity contribution in [2.45, 2.75) is 6.92 Å². The van der Waals surface area contributed by atoms with E-state index in [-0.39, 0.29) is 0 Å².